The fourth-order valence-electron chi connectivity index (χ4n) is 2.30. The summed E-state index contributed by atoms with van der Waals surface area (Å²) in [6.45, 7) is 2.74. The van der Waals surface area contributed by atoms with Gasteiger partial charge in [-0.3, -0.25) is 4.79 Å². The van der Waals surface area contributed by atoms with Gasteiger partial charge in [0.1, 0.15) is 0 Å². The smallest absolute Gasteiger partial charge is 0.254 e. The van der Waals surface area contributed by atoms with E-state index in [1.807, 2.05) is 30.1 Å². The Balaban J connectivity index is 2.15. The Bertz CT molecular complexity index is 384. The number of nitrogens with one attached hydrogen (secondary N) is 1. The van der Waals surface area contributed by atoms with E-state index in [4.69, 9.17) is 0 Å². The average Bonchev–Trinajstić information content (AvgIpc) is 2.89. The number of carbonyl (C=O) groups excluding carboxylic acids is 1. The molecule has 1 aromatic rings. The second-order valence-corrected chi connectivity index (χ2v) is 4.51. The number of carbonyl (C=O) groups is 1. The predicted octanol–water partition coefficient (Wildman–Crippen LogP) is 1.68. The van der Waals surface area contributed by atoms with Crippen molar-refractivity contribution in [1.82, 2.24) is 10.2 Å². The summed E-state index contributed by atoms with van der Waals surface area (Å²) in [6, 6.07) is 7.96. The van der Waals surface area contributed by atoms with Crippen LogP contribution in [0.2, 0.25) is 0 Å². The molecule has 0 radical (unpaired) electrons. The second kappa shape index (κ2) is 5.82. The topological polar surface area (TPSA) is 32.3 Å². The molecule has 0 spiro atoms. The summed E-state index contributed by atoms with van der Waals surface area (Å²) in [5.41, 5.74) is 2.03. The van der Waals surface area contributed by atoms with Gasteiger partial charge < -0.3 is 10.2 Å². The number of nitrogens with zero attached hydrogens (tertiary/aromatic N) is 1. The average molecular weight is 232 g/mol. The van der Waals surface area contributed by atoms with Crippen LogP contribution in [0.1, 0.15) is 28.8 Å². The largest absolute Gasteiger partial charge is 0.339 e. The molecule has 1 aliphatic rings. The number of likely N-dealkylation sites (tertiary alicyclic amines) is 1. The van der Waals surface area contributed by atoms with Crippen molar-refractivity contribution in [2.45, 2.75) is 19.3 Å². The highest BCUT2D eigenvalue weighted by Gasteiger charge is 2.21. The third-order valence-corrected chi connectivity index (χ3v) is 3.29. The Labute approximate surface area is 103 Å². The minimum atomic E-state index is 0.203. The Kier molecular flexibility index (Phi) is 4.15. The van der Waals surface area contributed by atoms with Crippen molar-refractivity contribution in [1.29, 1.82) is 0 Å². The molecular formula is C14H20N2O. The molecule has 0 aromatic heterocycles. The van der Waals surface area contributed by atoms with Gasteiger partial charge in [0.25, 0.3) is 5.91 Å². The standard InChI is InChI=1S/C14H20N2O/c1-15-9-8-12-6-2-3-7-13(12)14(17)16-10-4-5-11-16/h2-3,6-7,15H,4-5,8-11H2,1H3. The van der Waals surface area contributed by atoms with Crippen molar-refractivity contribution >= 4 is 5.91 Å². The van der Waals surface area contributed by atoms with E-state index < -0.39 is 0 Å². The molecule has 0 aliphatic carbocycles. The Morgan fingerprint density at radius 3 is 2.71 bits per heavy atom. The molecule has 2 rings (SSSR count). The molecule has 0 saturated carbocycles. The van der Waals surface area contributed by atoms with Crippen LogP contribution in [0, 0.1) is 0 Å². The van der Waals surface area contributed by atoms with E-state index in [9.17, 15) is 4.79 Å². The van der Waals surface area contributed by atoms with E-state index in [0.717, 1.165) is 50.0 Å². The van der Waals surface area contributed by atoms with E-state index in [-0.39, 0.29) is 5.91 Å². The zero-order valence-electron chi connectivity index (χ0n) is 10.4. The summed E-state index contributed by atoms with van der Waals surface area (Å²) >= 11 is 0. The third-order valence-electron chi connectivity index (χ3n) is 3.29. The molecule has 3 heteroatoms. The maximum atomic E-state index is 12.3. The molecule has 1 amide bonds. The zero-order chi connectivity index (χ0) is 12.1. The van der Waals surface area contributed by atoms with Gasteiger partial charge >= 0.3 is 0 Å². The van der Waals surface area contributed by atoms with Crippen LogP contribution >= 0.6 is 0 Å². The first-order valence-electron chi connectivity index (χ1n) is 6.34. The van der Waals surface area contributed by atoms with Crippen LogP contribution in [0.3, 0.4) is 0 Å². The lowest BCUT2D eigenvalue weighted by Gasteiger charge is -2.17. The van der Waals surface area contributed by atoms with Crippen molar-refractivity contribution in [2.24, 2.45) is 0 Å². The normalized spacial score (nSPS) is 15.2. The molecular weight excluding hydrogens is 212 g/mol. The van der Waals surface area contributed by atoms with Crippen LogP contribution in [0.5, 0.6) is 0 Å². The van der Waals surface area contributed by atoms with Gasteiger partial charge in [0, 0.05) is 18.7 Å². The van der Waals surface area contributed by atoms with Gasteiger partial charge in [0.2, 0.25) is 0 Å². The minimum Gasteiger partial charge on any atom is -0.339 e. The van der Waals surface area contributed by atoms with Crippen LogP contribution in [-0.2, 0) is 6.42 Å². The predicted molar refractivity (Wildman–Crippen MR) is 69.2 cm³/mol. The Morgan fingerprint density at radius 2 is 2.00 bits per heavy atom. The summed E-state index contributed by atoms with van der Waals surface area (Å²) in [5.74, 6) is 0.203. The quantitative estimate of drug-likeness (QED) is 0.856. The molecule has 17 heavy (non-hydrogen) atoms. The van der Waals surface area contributed by atoms with Gasteiger partial charge in [-0.15, -0.1) is 0 Å². The Hall–Kier alpha value is -1.35. The fourth-order valence-corrected chi connectivity index (χ4v) is 2.30. The lowest BCUT2D eigenvalue weighted by atomic mass is 10.0. The highest BCUT2D eigenvalue weighted by Crippen LogP contribution is 2.16. The van der Waals surface area contributed by atoms with Crippen molar-refractivity contribution < 1.29 is 4.79 Å². The molecule has 1 fully saturated rings. The molecule has 1 aliphatic heterocycles. The second-order valence-electron chi connectivity index (χ2n) is 4.51. The first kappa shape index (κ1) is 12.1. The van der Waals surface area contributed by atoms with E-state index >= 15 is 0 Å². The van der Waals surface area contributed by atoms with Crippen LogP contribution < -0.4 is 5.32 Å². The van der Waals surface area contributed by atoms with Gasteiger partial charge in [0.15, 0.2) is 0 Å². The monoisotopic (exact) mass is 232 g/mol. The molecule has 1 N–H and O–H groups in total. The molecule has 0 bridgehead atoms. The van der Waals surface area contributed by atoms with E-state index in [1.54, 1.807) is 0 Å². The lowest BCUT2D eigenvalue weighted by molar-refractivity contribution is 0.0791. The van der Waals surface area contributed by atoms with Crippen molar-refractivity contribution in [2.75, 3.05) is 26.7 Å². The summed E-state index contributed by atoms with van der Waals surface area (Å²) in [7, 11) is 1.94. The van der Waals surface area contributed by atoms with Crippen LogP contribution in [0.15, 0.2) is 24.3 Å². The van der Waals surface area contributed by atoms with E-state index in [0.29, 0.717) is 0 Å². The number of amides is 1. The van der Waals surface area contributed by atoms with Crippen LogP contribution in [0.4, 0.5) is 0 Å². The van der Waals surface area contributed by atoms with Crippen molar-refractivity contribution in [3.63, 3.8) is 0 Å². The lowest BCUT2D eigenvalue weighted by Crippen LogP contribution is -2.28. The zero-order valence-corrected chi connectivity index (χ0v) is 10.4. The first-order chi connectivity index (χ1) is 8.33. The van der Waals surface area contributed by atoms with Gasteiger partial charge in [-0.25, -0.2) is 0 Å². The van der Waals surface area contributed by atoms with E-state index in [1.165, 1.54) is 0 Å². The molecule has 1 heterocycles. The molecule has 3 nitrogen and oxygen atoms in total. The number of hydrogen-bond acceptors (Lipinski definition) is 2. The third kappa shape index (κ3) is 2.86. The van der Waals surface area contributed by atoms with Crippen LogP contribution in [0.25, 0.3) is 0 Å². The van der Waals surface area contributed by atoms with E-state index in [2.05, 4.69) is 11.4 Å². The number of rotatable bonds is 4. The number of likely N-dealkylation sites (N-methyl/N-ethyl adjacent to an activating group) is 1. The number of benzene rings is 1. The molecule has 1 saturated heterocycles. The van der Waals surface area contributed by atoms with Crippen LogP contribution in [-0.4, -0.2) is 37.5 Å². The fraction of sp³-hybridized carbons (Fsp3) is 0.500. The summed E-state index contributed by atoms with van der Waals surface area (Å²) in [4.78, 5) is 14.3. The summed E-state index contributed by atoms with van der Waals surface area (Å²) < 4.78 is 0. The molecule has 92 valence electrons. The van der Waals surface area contributed by atoms with Gasteiger partial charge in [-0.1, -0.05) is 18.2 Å². The van der Waals surface area contributed by atoms with Crippen molar-refractivity contribution in [3.05, 3.63) is 35.4 Å². The molecule has 0 atom stereocenters. The minimum absolute atomic E-state index is 0.203. The van der Waals surface area contributed by atoms with Gasteiger partial charge in [-0.2, -0.15) is 0 Å². The highest BCUT2D eigenvalue weighted by molar-refractivity contribution is 5.95. The first-order valence-corrected chi connectivity index (χ1v) is 6.34. The van der Waals surface area contributed by atoms with Gasteiger partial charge in [-0.05, 0) is 44.5 Å². The summed E-state index contributed by atoms with van der Waals surface area (Å²) in [6.07, 6.45) is 3.20. The maximum Gasteiger partial charge on any atom is 0.254 e. The SMILES string of the molecule is CNCCc1ccccc1C(=O)N1CCCC1. The maximum absolute atomic E-state index is 12.3. The Morgan fingerprint density at radius 1 is 1.29 bits per heavy atom. The molecule has 0 unspecified atom stereocenters. The van der Waals surface area contributed by atoms with Crippen molar-refractivity contribution in [3.8, 4) is 0 Å². The van der Waals surface area contributed by atoms with Gasteiger partial charge in [0.05, 0.1) is 0 Å². The molecule has 1 aromatic carbocycles. The summed E-state index contributed by atoms with van der Waals surface area (Å²) in [5, 5.41) is 3.13. The number of hydrogen-bond donors (Lipinski definition) is 1. The highest BCUT2D eigenvalue weighted by atomic mass is 16.2.